The summed E-state index contributed by atoms with van der Waals surface area (Å²) in [6.07, 6.45) is 7.86. The molecule has 4 nitrogen and oxygen atoms in total. The molecule has 2 aromatic rings. The van der Waals surface area contributed by atoms with Gasteiger partial charge in [-0.1, -0.05) is 12.5 Å². The summed E-state index contributed by atoms with van der Waals surface area (Å²) >= 11 is 0. The largest absolute Gasteiger partial charge is 0.354 e. The first-order valence-corrected chi connectivity index (χ1v) is 7.68. The summed E-state index contributed by atoms with van der Waals surface area (Å²) < 4.78 is 2.18. The molecule has 0 bridgehead atoms. The predicted molar refractivity (Wildman–Crippen MR) is 83.3 cm³/mol. The van der Waals surface area contributed by atoms with Crippen molar-refractivity contribution in [3.8, 4) is 0 Å². The quantitative estimate of drug-likeness (QED) is 0.929. The molecule has 3 heterocycles. The molecular formula is C16H24N4. The van der Waals surface area contributed by atoms with Crippen molar-refractivity contribution in [3.63, 3.8) is 0 Å². The van der Waals surface area contributed by atoms with E-state index in [0.29, 0.717) is 12.1 Å². The van der Waals surface area contributed by atoms with Crippen LogP contribution in [0, 0.1) is 0 Å². The third-order valence-corrected chi connectivity index (χ3v) is 4.15. The van der Waals surface area contributed by atoms with Crippen molar-refractivity contribution in [1.29, 1.82) is 0 Å². The average Bonchev–Trinajstić information content (AvgIpc) is 2.94. The van der Waals surface area contributed by atoms with Gasteiger partial charge in [-0.2, -0.15) is 0 Å². The third kappa shape index (κ3) is 2.66. The van der Waals surface area contributed by atoms with Gasteiger partial charge >= 0.3 is 0 Å². The van der Waals surface area contributed by atoms with E-state index in [4.69, 9.17) is 0 Å². The van der Waals surface area contributed by atoms with Gasteiger partial charge in [-0.15, -0.1) is 0 Å². The number of nitrogens with zero attached hydrogens (tertiary/aromatic N) is 3. The van der Waals surface area contributed by atoms with Crippen molar-refractivity contribution in [2.24, 2.45) is 0 Å². The SMILES string of the molecule is CC(C)N(CC1CCCCN1)c1cccc2nccn12. The van der Waals surface area contributed by atoms with Crippen molar-refractivity contribution >= 4 is 11.5 Å². The van der Waals surface area contributed by atoms with Crippen LogP contribution < -0.4 is 10.2 Å². The second kappa shape index (κ2) is 5.83. The van der Waals surface area contributed by atoms with Gasteiger partial charge in [0.25, 0.3) is 0 Å². The van der Waals surface area contributed by atoms with Crippen molar-refractivity contribution in [3.05, 3.63) is 30.6 Å². The Labute approximate surface area is 120 Å². The minimum atomic E-state index is 0.478. The summed E-state index contributed by atoms with van der Waals surface area (Å²) in [5.41, 5.74) is 1.02. The van der Waals surface area contributed by atoms with Gasteiger partial charge < -0.3 is 10.2 Å². The van der Waals surface area contributed by atoms with Crippen LogP contribution in [0.4, 0.5) is 5.82 Å². The van der Waals surface area contributed by atoms with Gasteiger partial charge in [-0.05, 0) is 45.4 Å². The minimum absolute atomic E-state index is 0.478. The number of fused-ring (bicyclic) bond motifs is 1. The maximum Gasteiger partial charge on any atom is 0.138 e. The molecule has 0 aliphatic carbocycles. The number of nitrogens with one attached hydrogen (secondary N) is 1. The van der Waals surface area contributed by atoms with Crippen LogP contribution in [0.3, 0.4) is 0 Å². The van der Waals surface area contributed by atoms with Gasteiger partial charge in [-0.3, -0.25) is 4.40 Å². The molecule has 0 amide bonds. The second-order valence-corrected chi connectivity index (χ2v) is 5.93. The molecule has 2 aromatic heterocycles. The maximum absolute atomic E-state index is 4.39. The Morgan fingerprint density at radius 3 is 3.05 bits per heavy atom. The standard InChI is InChI=1S/C16H24N4/c1-13(2)20(12-14-6-3-4-9-17-14)16-8-5-7-15-18-10-11-19(15)16/h5,7-8,10-11,13-14,17H,3-4,6,9,12H2,1-2H3. The molecule has 0 saturated carbocycles. The highest BCUT2D eigenvalue weighted by atomic mass is 15.3. The predicted octanol–water partition coefficient (Wildman–Crippen LogP) is 2.69. The van der Waals surface area contributed by atoms with Gasteiger partial charge in [0.2, 0.25) is 0 Å². The molecule has 0 radical (unpaired) electrons. The Kier molecular flexibility index (Phi) is 3.92. The fourth-order valence-electron chi connectivity index (χ4n) is 3.05. The molecule has 1 unspecified atom stereocenters. The maximum atomic E-state index is 4.39. The van der Waals surface area contributed by atoms with Crippen LogP contribution in [-0.2, 0) is 0 Å². The van der Waals surface area contributed by atoms with Gasteiger partial charge in [0.1, 0.15) is 11.5 Å². The van der Waals surface area contributed by atoms with E-state index in [9.17, 15) is 0 Å². The van der Waals surface area contributed by atoms with Gasteiger partial charge in [-0.25, -0.2) is 4.98 Å². The van der Waals surface area contributed by atoms with Gasteiger partial charge in [0, 0.05) is 31.0 Å². The molecule has 3 rings (SSSR count). The molecular weight excluding hydrogens is 248 g/mol. The van der Waals surface area contributed by atoms with Crippen LogP contribution in [0.25, 0.3) is 5.65 Å². The van der Waals surface area contributed by atoms with Crippen LogP contribution in [0.15, 0.2) is 30.6 Å². The lowest BCUT2D eigenvalue weighted by Gasteiger charge is -2.35. The normalized spacial score (nSPS) is 19.6. The topological polar surface area (TPSA) is 32.6 Å². The molecule has 1 fully saturated rings. The van der Waals surface area contributed by atoms with E-state index in [-0.39, 0.29) is 0 Å². The van der Waals surface area contributed by atoms with Gasteiger partial charge in [0.05, 0.1) is 0 Å². The lowest BCUT2D eigenvalue weighted by molar-refractivity contribution is 0.392. The van der Waals surface area contributed by atoms with E-state index >= 15 is 0 Å². The number of rotatable bonds is 4. The number of anilines is 1. The molecule has 1 aliphatic heterocycles. The van der Waals surface area contributed by atoms with Crippen molar-refractivity contribution < 1.29 is 0 Å². The number of hydrogen-bond donors (Lipinski definition) is 1. The lowest BCUT2D eigenvalue weighted by atomic mass is 10.0. The lowest BCUT2D eigenvalue weighted by Crippen LogP contribution is -2.46. The van der Waals surface area contributed by atoms with Crippen LogP contribution in [0.2, 0.25) is 0 Å². The first kappa shape index (κ1) is 13.4. The number of imidazole rings is 1. The van der Waals surface area contributed by atoms with E-state index in [1.54, 1.807) is 0 Å². The van der Waals surface area contributed by atoms with E-state index in [1.807, 2.05) is 12.4 Å². The number of hydrogen-bond acceptors (Lipinski definition) is 3. The number of aromatic nitrogens is 2. The highest BCUT2D eigenvalue weighted by Crippen LogP contribution is 2.20. The van der Waals surface area contributed by atoms with Crippen molar-refractivity contribution in [2.45, 2.75) is 45.2 Å². The molecule has 1 aliphatic rings. The first-order valence-electron chi connectivity index (χ1n) is 7.68. The molecule has 0 spiro atoms. The summed E-state index contributed by atoms with van der Waals surface area (Å²) in [6, 6.07) is 7.43. The molecule has 1 atom stereocenters. The molecule has 1 saturated heterocycles. The van der Waals surface area contributed by atoms with Crippen molar-refractivity contribution in [2.75, 3.05) is 18.0 Å². The fraction of sp³-hybridized carbons (Fsp3) is 0.562. The monoisotopic (exact) mass is 272 g/mol. The summed E-state index contributed by atoms with van der Waals surface area (Å²) in [5.74, 6) is 1.24. The highest BCUT2D eigenvalue weighted by molar-refractivity contribution is 5.52. The molecule has 108 valence electrons. The van der Waals surface area contributed by atoms with E-state index in [2.05, 4.69) is 51.6 Å². The summed E-state index contributed by atoms with van der Waals surface area (Å²) in [6.45, 7) is 6.75. The molecule has 1 N–H and O–H groups in total. The summed E-state index contributed by atoms with van der Waals surface area (Å²) in [7, 11) is 0. The Morgan fingerprint density at radius 2 is 2.30 bits per heavy atom. The Hall–Kier alpha value is -1.55. The van der Waals surface area contributed by atoms with Crippen LogP contribution >= 0.6 is 0 Å². The Balaban J connectivity index is 1.87. The first-order chi connectivity index (χ1) is 9.75. The second-order valence-electron chi connectivity index (χ2n) is 5.93. The van der Waals surface area contributed by atoms with Crippen LogP contribution in [-0.4, -0.2) is 34.6 Å². The van der Waals surface area contributed by atoms with E-state index in [1.165, 1.54) is 25.1 Å². The fourth-order valence-corrected chi connectivity index (χ4v) is 3.05. The summed E-state index contributed by atoms with van der Waals surface area (Å²) in [4.78, 5) is 6.87. The molecule has 0 aromatic carbocycles. The third-order valence-electron chi connectivity index (χ3n) is 4.15. The zero-order chi connectivity index (χ0) is 13.9. The van der Waals surface area contributed by atoms with E-state index in [0.717, 1.165) is 18.7 Å². The summed E-state index contributed by atoms with van der Waals surface area (Å²) in [5, 5.41) is 3.65. The van der Waals surface area contributed by atoms with Crippen LogP contribution in [0.5, 0.6) is 0 Å². The zero-order valence-corrected chi connectivity index (χ0v) is 12.4. The minimum Gasteiger partial charge on any atom is -0.354 e. The Morgan fingerprint density at radius 1 is 1.40 bits per heavy atom. The average molecular weight is 272 g/mol. The molecule has 20 heavy (non-hydrogen) atoms. The number of pyridine rings is 1. The van der Waals surface area contributed by atoms with E-state index < -0.39 is 0 Å². The molecule has 4 heteroatoms. The Bertz CT molecular complexity index is 554. The zero-order valence-electron chi connectivity index (χ0n) is 12.4. The highest BCUT2D eigenvalue weighted by Gasteiger charge is 2.20. The number of piperidine rings is 1. The smallest absolute Gasteiger partial charge is 0.138 e. The van der Waals surface area contributed by atoms with Crippen molar-refractivity contribution in [1.82, 2.24) is 14.7 Å². The van der Waals surface area contributed by atoms with Crippen LogP contribution in [0.1, 0.15) is 33.1 Å². The van der Waals surface area contributed by atoms with Gasteiger partial charge in [0.15, 0.2) is 0 Å².